The summed E-state index contributed by atoms with van der Waals surface area (Å²) in [4.78, 5) is 23.8. The van der Waals surface area contributed by atoms with Gasteiger partial charge in [-0.15, -0.1) is 0 Å². The van der Waals surface area contributed by atoms with Crippen LogP contribution in [0.4, 0.5) is 0 Å². The molecule has 6 heteroatoms. The van der Waals surface area contributed by atoms with Crippen LogP contribution in [0, 0.1) is 6.92 Å². The van der Waals surface area contributed by atoms with Gasteiger partial charge in [0.25, 0.3) is 5.91 Å². The molecule has 0 spiro atoms. The number of rotatable bonds is 9. The van der Waals surface area contributed by atoms with Crippen molar-refractivity contribution in [1.82, 2.24) is 5.32 Å². The molecule has 1 aromatic carbocycles. The minimum atomic E-state index is -1.09. The normalized spacial score (nSPS) is 13.9. The lowest BCUT2D eigenvalue weighted by atomic mass is 10.0. The van der Waals surface area contributed by atoms with Crippen LogP contribution in [0.15, 0.2) is 18.2 Å². The highest BCUT2D eigenvalue weighted by atomic mass is 16.5. The number of carboxylic acid groups (broad SMARTS) is 1. The van der Waals surface area contributed by atoms with Crippen LogP contribution in [0.3, 0.4) is 0 Å². The molecule has 1 aromatic rings. The van der Waals surface area contributed by atoms with Crippen molar-refractivity contribution in [2.45, 2.75) is 78.6 Å². The Balaban J connectivity index is 2.71. The molecule has 0 saturated heterocycles. The monoisotopic (exact) mass is 379 g/mol. The molecule has 1 rings (SSSR count). The Kier molecular flexibility index (Phi) is 8.28. The Bertz CT molecular complexity index is 648. The van der Waals surface area contributed by atoms with Crippen molar-refractivity contribution < 1.29 is 24.2 Å². The van der Waals surface area contributed by atoms with Crippen molar-refractivity contribution >= 4 is 11.9 Å². The second-order valence-corrected chi connectivity index (χ2v) is 8.09. The number of carbonyl (C=O) groups excluding carboxylic acids is 1. The maximum Gasteiger partial charge on any atom is 0.326 e. The molecule has 0 saturated carbocycles. The minimum Gasteiger partial charge on any atom is -0.481 e. The molecule has 27 heavy (non-hydrogen) atoms. The van der Waals surface area contributed by atoms with E-state index >= 15 is 0 Å². The highest BCUT2D eigenvalue weighted by Crippen LogP contribution is 2.25. The van der Waals surface area contributed by atoms with Crippen LogP contribution < -0.4 is 10.1 Å². The maximum absolute atomic E-state index is 12.4. The summed E-state index contributed by atoms with van der Waals surface area (Å²) in [5.41, 5.74) is 1.68. The van der Waals surface area contributed by atoms with E-state index in [2.05, 4.69) is 19.2 Å². The summed E-state index contributed by atoms with van der Waals surface area (Å²) in [5, 5.41) is 11.9. The van der Waals surface area contributed by atoms with Crippen molar-refractivity contribution in [2.75, 3.05) is 6.61 Å². The van der Waals surface area contributed by atoms with Crippen molar-refractivity contribution in [3.05, 3.63) is 29.3 Å². The second-order valence-electron chi connectivity index (χ2n) is 8.09. The summed E-state index contributed by atoms with van der Waals surface area (Å²) in [6.45, 7) is 13.6. The van der Waals surface area contributed by atoms with Gasteiger partial charge in [0.2, 0.25) is 0 Å². The van der Waals surface area contributed by atoms with Crippen LogP contribution in [0.25, 0.3) is 0 Å². The van der Waals surface area contributed by atoms with Crippen LogP contribution in [-0.2, 0) is 14.3 Å². The lowest BCUT2D eigenvalue weighted by Gasteiger charge is -2.23. The molecule has 152 valence electrons. The number of nitrogens with one attached hydrogen (secondary N) is 1. The zero-order chi connectivity index (χ0) is 20.8. The highest BCUT2D eigenvalue weighted by molar-refractivity contribution is 5.86. The molecule has 0 fully saturated rings. The maximum atomic E-state index is 12.4. The molecule has 0 aliphatic rings. The van der Waals surface area contributed by atoms with Crippen LogP contribution >= 0.6 is 0 Å². The molecule has 2 N–H and O–H groups in total. The molecule has 2 atom stereocenters. The predicted molar refractivity (Wildman–Crippen MR) is 105 cm³/mol. The number of aryl methyl sites for hydroxylation is 1. The zero-order valence-corrected chi connectivity index (χ0v) is 17.5. The summed E-state index contributed by atoms with van der Waals surface area (Å²) in [6, 6.07) is 4.90. The smallest absolute Gasteiger partial charge is 0.326 e. The molecule has 2 unspecified atom stereocenters. The van der Waals surface area contributed by atoms with Crippen molar-refractivity contribution in [3.63, 3.8) is 0 Å². The molecule has 0 bridgehead atoms. The van der Waals surface area contributed by atoms with Gasteiger partial charge in [-0.1, -0.05) is 26.0 Å². The first kappa shape index (κ1) is 23.0. The Hall–Kier alpha value is -2.08. The first-order chi connectivity index (χ1) is 12.4. The van der Waals surface area contributed by atoms with Crippen molar-refractivity contribution in [2.24, 2.45) is 0 Å². The quantitative estimate of drug-likeness (QED) is 0.684. The number of carboxylic acids is 1. The molecular weight excluding hydrogens is 346 g/mol. The average molecular weight is 379 g/mol. The molecule has 6 nitrogen and oxygen atoms in total. The van der Waals surface area contributed by atoms with E-state index in [-0.39, 0.29) is 18.6 Å². The lowest BCUT2D eigenvalue weighted by molar-refractivity contribution is -0.143. The van der Waals surface area contributed by atoms with Gasteiger partial charge in [-0.25, -0.2) is 4.79 Å². The number of benzene rings is 1. The first-order valence-corrected chi connectivity index (χ1v) is 9.35. The SMILES string of the molecule is Cc1ccc(C(C)C)cc1OC(C)C(=O)NC(CCOC(C)(C)C)C(=O)O. The summed E-state index contributed by atoms with van der Waals surface area (Å²) in [6.07, 6.45) is -0.621. The molecular formula is C21H33NO5. The predicted octanol–water partition coefficient (Wildman–Crippen LogP) is 3.66. The van der Waals surface area contributed by atoms with E-state index in [0.29, 0.717) is 11.7 Å². The summed E-state index contributed by atoms with van der Waals surface area (Å²) >= 11 is 0. The first-order valence-electron chi connectivity index (χ1n) is 9.35. The second kappa shape index (κ2) is 9.74. The van der Waals surface area contributed by atoms with E-state index in [1.54, 1.807) is 6.92 Å². The van der Waals surface area contributed by atoms with Gasteiger partial charge in [0.1, 0.15) is 11.8 Å². The molecule has 0 aliphatic carbocycles. The van der Waals surface area contributed by atoms with Gasteiger partial charge >= 0.3 is 5.97 Å². The fraction of sp³-hybridized carbons (Fsp3) is 0.619. The van der Waals surface area contributed by atoms with Gasteiger partial charge in [-0.05, 0) is 57.7 Å². The standard InChI is InChI=1S/C21H33NO5/c1-13(2)16-9-8-14(3)18(12-16)27-15(4)19(23)22-17(20(24)25)10-11-26-21(5,6)7/h8-9,12-13,15,17H,10-11H2,1-7H3,(H,22,23)(H,24,25). The van der Waals surface area contributed by atoms with Crippen LogP contribution in [0.2, 0.25) is 0 Å². The van der Waals surface area contributed by atoms with E-state index in [1.165, 1.54) is 0 Å². The molecule has 0 aromatic heterocycles. The van der Waals surface area contributed by atoms with E-state index in [9.17, 15) is 14.7 Å². The van der Waals surface area contributed by atoms with Gasteiger partial charge in [0, 0.05) is 13.0 Å². The third kappa shape index (κ3) is 7.99. The number of amides is 1. The van der Waals surface area contributed by atoms with Crippen molar-refractivity contribution in [1.29, 1.82) is 0 Å². The van der Waals surface area contributed by atoms with Crippen LogP contribution in [-0.4, -0.2) is 41.3 Å². The Morgan fingerprint density at radius 2 is 1.81 bits per heavy atom. The van der Waals surface area contributed by atoms with Gasteiger partial charge in [0.05, 0.1) is 5.60 Å². The number of ether oxygens (including phenoxy) is 2. The molecule has 0 radical (unpaired) electrons. The zero-order valence-electron chi connectivity index (χ0n) is 17.5. The summed E-state index contributed by atoms with van der Waals surface area (Å²) < 4.78 is 11.4. The van der Waals surface area contributed by atoms with Crippen LogP contribution in [0.5, 0.6) is 5.75 Å². The van der Waals surface area contributed by atoms with Gasteiger partial charge in [-0.2, -0.15) is 0 Å². The summed E-state index contributed by atoms with van der Waals surface area (Å²) in [7, 11) is 0. The summed E-state index contributed by atoms with van der Waals surface area (Å²) in [5.74, 6) is -0.582. The van der Waals surface area contributed by atoms with E-state index in [1.807, 2.05) is 45.9 Å². The topological polar surface area (TPSA) is 84.9 Å². The van der Waals surface area contributed by atoms with Crippen LogP contribution in [0.1, 0.15) is 65.0 Å². The number of aliphatic carboxylic acids is 1. The largest absolute Gasteiger partial charge is 0.481 e. The Morgan fingerprint density at radius 1 is 1.19 bits per heavy atom. The van der Waals surface area contributed by atoms with Gasteiger partial charge < -0.3 is 19.9 Å². The molecule has 0 aliphatic heterocycles. The Morgan fingerprint density at radius 3 is 2.33 bits per heavy atom. The van der Waals surface area contributed by atoms with E-state index < -0.39 is 24.0 Å². The highest BCUT2D eigenvalue weighted by Gasteiger charge is 2.25. The van der Waals surface area contributed by atoms with E-state index in [4.69, 9.17) is 9.47 Å². The molecule has 0 heterocycles. The van der Waals surface area contributed by atoms with Crippen molar-refractivity contribution in [3.8, 4) is 5.75 Å². The minimum absolute atomic E-state index is 0.187. The van der Waals surface area contributed by atoms with E-state index in [0.717, 1.165) is 11.1 Å². The lowest BCUT2D eigenvalue weighted by Crippen LogP contribution is -2.47. The third-order valence-electron chi connectivity index (χ3n) is 4.11. The number of carbonyl (C=O) groups is 2. The molecule has 1 amide bonds. The fourth-order valence-corrected chi connectivity index (χ4v) is 2.38. The van der Waals surface area contributed by atoms with Gasteiger partial charge in [-0.3, -0.25) is 4.79 Å². The third-order valence-corrected chi connectivity index (χ3v) is 4.11. The number of hydrogen-bond acceptors (Lipinski definition) is 4. The Labute approximate surface area is 162 Å². The van der Waals surface area contributed by atoms with Gasteiger partial charge in [0.15, 0.2) is 6.10 Å². The average Bonchev–Trinajstić information content (AvgIpc) is 2.54. The fourth-order valence-electron chi connectivity index (χ4n) is 2.38. The number of hydrogen-bond donors (Lipinski definition) is 2.